The molecule has 0 aromatic carbocycles. The van der Waals surface area contributed by atoms with Crippen LogP contribution >= 0.6 is 0 Å². The predicted octanol–water partition coefficient (Wildman–Crippen LogP) is 1.75. The number of nitrogens with one attached hydrogen (secondary N) is 1. The minimum Gasteiger partial charge on any atom is -0.418 e. The zero-order valence-corrected chi connectivity index (χ0v) is 9.28. The van der Waals surface area contributed by atoms with Gasteiger partial charge in [-0.3, -0.25) is 0 Å². The minimum absolute atomic E-state index is 1.21. The van der Waals surface area contributed by atoms with Gasteiger partial charge in [-0.15, -0.1) is 0 Å². The van der Waals surface area contributed by atoms with E-state index in [9.17, 15) is 17.3 Å². The molecule has 1 saturated heterocycles. The molecule has 1 aliphatic rings. The third kappa shape index (κ3) is 7.61. The Bertz CT molecular complexity index is 157. The van der Waals surface area contributed by atoms with Crippen molar-refractivity contribution in [3.8, 4) is 0 Å². The van der Waals surface area contributed by atoms with Crippen molar-refractivity contribution in [1.29, 1.82) is 0 Å². The van der Waals surface area contributed by atoms with E-state index in [1.165, 1.54) is 43.8 Å². The molecule has 0 unspecified atom stereocenters. The first-order valence-corrected chi connectivity index (χ1v) is 5.26. The molecule has 0 bridgehead atoms. The molecule has 0 radical (unpaired) electrons. The van der Waals surface area contributed by atoms with Gasteiger partial charge in [0.2, 0.25) is 0 Å². The molecular weight excluding hydrogens is 211 g/mol. The molecule has 0 saturated carbocycles. The average molecular weight is 230 g/mol. The van der Waals surface area contributed by atoms with Gasteiger partial charge in [-0.05, 0) is 13.8 Å². The van der Waals surface area contributed by atoms with E-state index in [1.54, 1.807) is 0 Å². The lowest BCUT2D eigenvalue weighted by Gasteiger charge is -2.40. The molecule has 2 nitrogen and oxygen atoms in total. The highest BCUT2D eigenvalue weighted by molar-refractivity contribution is 6.50. The predicted molar refractivity (Wildman–Crippen MR) is 54.1 cm³/mol. The maximum absolute atomic E-state index is 9.75. The molecule has 15 heavy (non-hydrogen) atoms. The average Bonchev–Trinajstić information content (AvgIpc) is 2.16. The SMILES string of the molecule is CC[N+]1(CC)CCNCC1.F[B-](F)(F)F. The Balaban J connectivity index is 0.000000336. The highest BCUT2D eigenvalue weighted by Gasteiger charge is 2.24. The van der Waals surface area contributed by atoms with Crippen LogP contribution < -0.4 is 5.32 Å². The van der Waals surface area contributed by atoms with Gasteiger partial charge in [-0.1, -0.05) is 0 Å². The molecule has 1 aliphatic heterocycles. The quantitative estimate of drug-likeness (QED) is 0.433. The summed E-state index contributed by atoms with van der Waals surface area (Å²) in [6, 6.07) is 0. The first kappa shape index (κ1) is 14.7. The van der Waals surface area contributed by atoms with Gasteiger partial charge >= 0.3 is 7.25 Å². The largest absolute Gasteiger partial charge is 0.673 e. The summed E-state index contributed by atoms with van der Waals surface area (Å²) in [5.74, 6) is 0. The van der Waals surface area contributed by atoms with Gasteiger partial charge in [0.05, 0.1) is 26.2 Å². The van der Waals surface area contributed by atoms with Crippen LogP contribution in [0.2, 0.25) is 0 Å². The van der Waals surface area contributed by atoms with Crippen molar-refractivity contribution >= 4 is 7.25 Å². The fourth-order valence-corrected chi connectivity index (χ4v) is 1.73. The highest BCUT2D eigenvalue weighted by Crippen LogP contribution is 2.07. The van der Waals surface area contributed by atoms with E-state index in [0.717, 1.165) is 0 Å². The fourth-order valence-electron chi connectivity index (χ4n) is 1.73. The van der Waals surface area contributed by atoms with Crippen molar-refractivity contribution in [2.45, 2.75) is 13.8 Å². The van der Waals surface area contributed by atoms with Crippen LogP contribution in [0.3, 0.4) is 0 Å². The first-order chi connectivity index (χ1) is 6.83. The van der Waals surface area contributed by atoms with Crippen LogP contribution in [0.4, 0.5) is 17.3 Å². The van der Waals surface area contributed by atoms with Gasteiger partial charge in [-0.25, -0.2) is 0 Å². The van der Waals surface area contributed by atoms with Gasteiger partial charge in [0, 0.05) is 13.1 Å². The molecule has 1 heterocycles. The second-order valence-corrected chi connectivity index (χ2v) is 3.67. The molecule has 92 valence electrons. The Morgan fingerprint density at radius 2 is 1.33 bits per heavy atom. The number of rotatable bonds is 2. The zero-order chi connectivity index (χ0) is 11.9. The molecule has 7 heteroatoms. The number of hydrogen-bond donors (Lipinski definition) is 1. The summed E-state index contributed by atoms with van der Waals surface area (Å²) in [7, 11) is -6.00. The van der Waals surface area contributed by atoms with E-state index in [2.05, 4.69) is 19.2 Å². The van der Waals surface area contributed by atoms with Crippen LogP contribution in [0.1, 0.15) is 13.8 Å². The van der Waals surface area contributed by atoms with E-state index >= 15 is 0 Å². The van der Waals surface area contributed by atoms with Crippen molar-refractivity contribution in [1.82, 2.24) is 5.32 Å². The molecule has 0 spiro atoms. The Kier molecular flexibility index (Phi) is 6.20. The van der Waals surface area contributed by atoms with Crippen LogP contribution in [0.5, 0.6) is 0 Å². The number of halogens is 4. The summed E-state index contributed by atoms with van der Waals surface area (Å²) >= 11 is 0. The van der Waals surface area contributed by atoms with Crippen molar-refractivity contribution in [3.63, 3.8) is 0 Å². The minimum atomic E-state index is -6.00. The monoisotopic (exact) mass is 230 g/mol. The van der Waals surface area contributed by atoms with Crippen LogP contribution in [-0.4, -0.2) is 51.0 Å². The van der Waals surface area contributed by atoms with E-state index in [4.69, 9.17) is 0 Å². The summed E-state index contributed by atoms with van der Waals surface area (Å²) < 4.78 is 40.3. The summed E-state index contributed by atoms with van der Waals surface area (Å²) in [6.07, 6.45) is 0. The maximum Gasteiger partial charge on any atom is 0.673 e. The maximum atomic E-state index is 9.75. The lowest BCUT2D eigenvalue weighted by Crippen LogP contribution is -2.58. The molecule has 1 fully saturated rings. The number of likely N-dealkylation sites (N-methyl/N-ethyl adjacent to an activating group) is 1. The number of hydrogen-bond acceptors (Lipinski definition) is 1. The number of piperazine rings is 1. The molecular formula is C8H19BF4N2. The first-order valence-electron chi connectivity index (χ1n) is 5.26. The standard InChI is InChI=1S/C8H19N2.BF4/c1-3-10(4-2)7-5-9-6-8-10;2-1(3,4)5/h9H,3-8H2,1-2H3;/q+1;-1. The smallest absolute Gasteiger partial charge is 0.418 e. The van der Waals surface area contributed by atoms with E-state index < -0.39 is 7.25 Å². The molecule has 1 rings (SSSR count). The van der Waals surface area contributed by atoms with Gasteiger partial charge in [0.25, 0.3) is 0 Å². The molecule has 0 aromatic rings. The molecule has 0 aromatic heterocycles. The molecule has 1 N–H and O–H groups in total. The molecule has 0 atom stereocenters. The Morgan fingerprint density at radius 1 is 1.00 bits per heavy atom. The summed E-state index contributed by atoms with van der Waals surface area (Å²) in [4.78, 5) is 0. The summed E-state index contributed by atoms with van der Waals surface area (Å²) in [5.41, 5.74) is 0. The van der Waals surface area contributed by atoms with Crippen molar-refractivity contribution in [2.24, 2.45) is 0 Å². The normalized spacial score (nSPS) is 20.4. The summed E-state index contributed by atoms with van der Waals surface area (Å²) in [6.45, 7) is 12.3. The number of quaternary nitrogens is 1. The Morgan fingerprint density at radius 3 is 1.53 bits per heavy atom. The topological polar surface area (TPSA) is 12.0 Å². The second-order valence-electron chi connectivity index (χ2n) is 3.67. The van der Waals surface area contributed by atoms with E-state index in [-0.39, 0.29) is 0 Å². The molecule has 0 amide bonds. The zero-order valence-electron chi connectivity index (χ0n) is 9.28. The number of nitrogens with zero attached hydrogens (tertiary/aromatic N) is 1. The third-order valence-corrected chi connectivity index (χ3v) is 2.87. The van der Waals surface area contributed by atoms with Crippen LogP contribution in [0, 0.1) is 0 Å². The van der Waals surface area contributed by atoms with Gasteiger partial charge in [-0.2, -0.15) is 0 Å². The van der Waals surface area contributed by atoms with Crippen molar-refractivity contribution < 1.29 is 21.7 Å². The molecule has 0 aliphatic carbocycles. The van der Waals surface area contributed by atoms with Crippen molar-refractivity contribution in [2.75, 3.05) is 39.3 Å². The Hall–Kier alpha value is -0.295. The van der Waals surface area contributed by atoms with Crippen LogP contribution in [-0.2, 0) is 0 Å². The van der Waals surface area contributed by atoms with Gasteiger partial charge < -0.3 is 27.1 Å². The highest BCUT2D eigenvalue weighted by atomic mass is 19.5. The Labute approximate surface area is 88.3 Å². The van der Waals surface area contributed by atoms with Crippen LogP contribution in [0.25, 0.3) is 0 Å². The van der Waals surface area contributed by atoms with Crippen molar-refractivity contribution in [3.05, 3.63) is 0 Å². The van der Waals surface area contributed by atoms with Gasteiger partial charge in [0.15, 0.2) is 0 Å². The van der Waals surface area contributed by atoms with E-state index in [0.29, 0.717) is 0 Å². The lowest BCUT2D eigenvalue weighted by molar-refractivity contribution is -0.926. The summed E-state index contributed by atoms with van der Waals surface area (Å²) in [5, 5.41) is 3.39. The third-order valence-electron chi connectivity index (χ3n) is 2.87. The fraction of sp³-hybridized carbons (Fsp3) is 1.00. The van der Waals surface area contributed by atoms with Gasteiger partial charge in [0.1, 0.15) is 0 Å². The lowest BCUT2D eigenvalue weighted by atomic mass is 10.2. The van der Waals surface area contributed by atoms with Crippen LogP contribution in [0.15, 0.2) is 0 Å². The van der Waals surface area contributed by atoms with E-state index in [1.807, 2.05) is 0 Å². The second kappa shape index (κ2) is 6.32.